The lowest BCUT2D eigenvalue weighted by atomic mass is 9.85. The molecule has 2 heterocycles. The smallest absolute Gasteiger partial charge is 0.255 e. The summed E-state index contributed by atoms with van der Waals surface area (Å²) in [6.45, 7) is 7.45. The highest BCUT2D eigenvalue weighted by atomic mass is 32.2. The lowest BCUT2D eigenvalue weighted by Gasteiger charge is -2.31. The third kappa shape index (κ3) is 4.85. The number of nitrogens with zero attached hydrogens (tertiary/aromatic N) is 1. The van der Waals surface area contributed by atoms with E-state index in [1.165, 1.54) is 29.6 Å². The molecule has 1 atom stereocenters. The van der Waals surface area contributed by atoms with Gasteiger partial charge in [-0.2, -0.15) is 4.31 Å². The fraction of sp³-hybridized carbons (Fsp3) is 0.476. The van der Waals surface area contributed by atoms with Crippen LogP contribution in [0.4, 0.5) is 0 Å². The number of rotatable bonds is 6. The molecule has 2 aromatic rings. The molecular formula is C21H28N2O5S2. The number of carbonyl (C=O) groups excluding carboxylic acids is 1. The number of ether oxygens (including phenoxy) is 2. The minimum absolute atomic E-state index is 0.0683. The Morgan fingerprint density at radius 2 is 1.93 bits per heavy atom. The highest BCUT2D eigenvalue weighted by Gasteiger charge is 2.31. The van der Waals surface area contributed by atoms with Crippen LogP contribution in [-0.2, 0) is 14.8 Å². The molecule has 1 saturated heterocycles. The van der Waals surface area contributed by atoms with Crippen molar-refractivity contribution in [3.05, 3.63) is 46.2 Å². The molecule has 1 N–H and O–H groups in total. The van der Waals surface area contributed by atoms with E-state index < -0.39 is 10.0 Å². The number of benzene rings is 1. The van der Waals surface area contributed by atoms with Crippen molar-refractivity contribution < 1.29 is 22.7 Å². The van der Waals surface area contributed by atoms with Crippen molar-refractivity contribution in [2.45, 2.75) is 31.7 Å². The second-order valence-corrected chi connectivity index (χ2v) is 11.1. The Labute approximate surface area is 182 Å². The van der Waals surface area contributed by atoms with Crippen LogP contribution in [0.3, 0.4) is 0 Å². The van der Waals surface area contributed by atoms with Gasteiger partial charge in [0.2, 0.25) is 10.0 Å². The van der Waals surface area contributed by atoms with E-state index in [4.69, 9.17) is 9.47 Å². The normalized spacial score (nSPS) is 16.8. The average Bonchev–Trinajstić information content (AvgIpc) is 3.25. The van der Waals surface area contributed by atoms with Gasteiger partial charge in [0.15, 0.2) is 0 Å². The molecule has 0 aliphatic carbocycles. The molecule has 0 radical (unpaired) electrons. The van der Waals surface area contributed by atoms with Gasteiger partial charge in [-0.3, -0.25) is 4.79 Å². The van der Waals surface area contributed by atoms with Crippen molar-refractivity contribution in [3.8, 4) is 5.75 Å². The predicted molar refractivity (Wildman–Crippen MR) is 117 cm³/mol. The summed E-state index contributed by atoms with van der Waals surface area (Å²) in [6, 6.07) is 8.10. The van der Waals surface area contributed by atoms with Gasteiger partial charge in [0.25, 0.3) is 5.91 Å². The third-order valence-corrected chi connectivity index (χ3v) is 7.82. The van der Waals surface area contributed by atoms with Crippen molar-refractivity contribution in [1.82, 2.24) is 9.62 Å². The first kappa shape index (κ1) is 22.7. The molecule has 0 spiro atoms. The van der Waals surface area contributed by atoms with Crippen molar-refractivity contribution in [2.75, 3.05) is 33.4 Å². The van der Waals surface area contributed by atoms with Gasteiger partial charge in [0.1, 0.15) is 5.75 Å². The molecule has 164 valence electrons. The number of nitrogens with one attached hydrogen (secondary N) is 1. The first-order valence-corrected chi connectivity index (χ1v) is 12.1. The molecule has 7 nitrogen and oxygen atoms in total. The Balaban J connectivity index is 1.94. The van der Waals surface area contributed by atoms with Gasteiger partial charge in [0.05, 0.1) is 36.8 Å². The van der Waals surface area contributed by atoms with Crippen molar-refractivity contribution >= 4 is 27.3 Å². The number of sulfonamides is 1. The fourth-order valence-corrected chi connectivity index (χ4v) is 5.79. The summed E-state index contributed by atoms with van der Waals surface area (Å²) in [7, 11) is -2.26. The summed E-state index contributed by atoms with van der Waals surface area (Å²) in [5.41, 5.74) is -0.0387. The molecule has 1 aliphatic rings. The number of thiophene rings is 1. The molecule has 0 bridgehead atoms. The average molecular weight is 453 g/mol. The van der Waals surface area contributed by atoms with Crippen LogP contribution >= 0.6 is 11.3 Å². The van der Waals surface area contributed by atoms with Crippen LogP contribution in [0.5, 0.6) is 5.75 Å². The third-order valence-electron chi connectivity index (χ3n) is 4.99. The zero-order chi connectivity index (χ0) is 21.9. The van der Waals surface area contributed by atoms with E-state index in [0.29, 0.717) is 32.1 Å². The topological polar surface area (TPSA) is 84.9 Å². The fourth-order valence-electron chi connectivity index (χ4n) is 3.34. The summed E-state index contributed by atoms with van der Waals surface area (Å²) in [6.07, 6.45) is 0. The molecule has 30 heavy (non-hydrogen) atoms. The number of amides is 1. The van der Waals surface area contributed by atoms with Gasteiger partial charge in [-0.15, -0.1) is 11.3 Å². The van der Waals surface area contributed by atoms with Gasteiger partial charge >= 0.3 is 0 Å². The molecule has 3 rings (SSSR count). The first-order chi connectivity index (χ1) is 14.1. The molecule has 0 saturated carbocycles. The van der Waals surface area contributed by atoms with E-state index in [9.17, 15) is 13.2 Å². The van der Waals surface area contributed by atoms with Crippen molar-refractivity contribution in [3.63, 3.8) is 0 Å². The van der Waals surface area contributed by atoms with Crippen LogP contribution in [0, 0.1) is 5.41 Å². The van der Waals surface area contributed by atoms with Crippen LogP contribution in [0.25, 0.3) is 0 Å². The number of hydrogen-bond acceptors (Lipinski definition) is 6. The van der Waals surface area contributed by atoms with E-state index in [-0.39, 0.29) is 27.8 Å². The summed E-state index contributed by atoms with van der Waals surface area (Å²) in [4.78, 5) is 14.3. The molecule has 1 amide bonds. The highest BCUT2D eigenvalue weighted by Crippen LogP contribution is 2.36. The van der Waals surface area contributed by atoms with E-state index in [1.54, 1.807) is 11.3 Å². The Bertz CT molecular complexity index is 975. The van der Waals surface area contributed by atoms with E-state index in [0.717, 1.165) is 4.88 Å². The summed E-state index contributed by atoms with van der Waals surface area (Å²) in [5.74, 6) is -0.0496. The van der Waals surface area contributed by atoms with E-state index >= 15 is 0 Å². The maximum atomic E-state index is 13.2. The van der Waals surface area contributed by atoms with Gasteiger partial charge in [-0.25, -0.2) is 8.42 Å². The van der Waals surface area contributed by atoms with Crippen LogP contribution in [0.1, 0.15) is 42.0 Å². The molecule has 9 heteroatoms. The number of methoxy groups -OCH3 is 1. The standard InChI is InChI=1S/C21H28N2O5S2/c1-21(2,3)19(18-6-5-13-29-18)22-20(24)16-14-15(7-8-17(16)27-4)30(25,26)23-9-11-28-12-10-23/h5-8,13-14,19H,9-12H2,1-4H3,(H,22,24). The predicted octanol–water partition coefficient (Wildman–Crippen LogP) is 3.29. The van der Waals surface area contributed by atoms with Crippen LogP contribution in [-0.4, -0.2) is 52.0 Å². The van der Waals surface area contributed by atoms with E-state index in [2.05, 4.69) is 5.32 Å². The van der Waals surface area contributed by atoms with Gasteiger partial charge in [-0.1, -0.05) is 26.8 Å². The second-order valence-electron chi connectivity index (χ2n) is 8.17. The van der Waals surface area contributed by atoms with Gasteiger partial charge < -0.3 is 14.8 Å². The Hall–Kier alpha value is -1.94. The lowest BCUT2D eigenvalue weighted by molar-refractivity contribution is 0.0730. The minimum Gasteiger partial charge on any atom is -0.496 e. The molecule has 1 fully saturated rings. The van der Waals surface area contributed by atoms with Gasteiger partial charge in [-0.05, 0) is 35.1 Å². The largest absolute Gasteiger partial charge is 0.496 e. The van der Waals surface area contributed by atoms with Crippen LogP contribution < -0.4 is 10.1 Å². The summed E-state index contributed by atoms with van der Waals surface area (Å²) >= 11 is 1.57. The van der Waals surface area contributed by atoms with Crippen molar-refractivity contribution in [2.24, 2.45) is 5.41 Å². The van der Waals surface area contributed by atoms with Gasteiger partial charge in [0, 0.05) is 18.0 Å². The summed E-state index contributed by atoms with van der Waals surface area (Å²) < 4.78 is 38.0. The van der Waals surface area contributed by atoms with Crippen molar-refractivity contribution in [1.29, 1.82) is 0 Å². The number of hydrogen-bond donors (Lipinski definition) is 1. The first-order valence-electron chi connectivity index (χ1n) is 9.75. The van der Waals surface area contributed by atoms with Crippen LogP contribution in [0.15, 0.2) is 40.6 Å². The highest BCUT2D eigenvalue weighted by molar-refractivity contribution is 7.89. The lowest BCUT2D eigenvalue weighted by Crippen LogP contribution is -2.40. The molecule has 1 aromatic carbocycles. The SMILES string of the molecule is COc1ccc(S(=O)(=O)N2CCOCC2)cc1C(=O)NC(c1cccs1)C(C)(C)C. The Kier molecular flexibility index (Phi) is 6.86. The zero-order valence-electron chi connectivity index (χ0n) is 17.7. The Morgan fingerprint density at radius 1 is 1.23 bits per heavy atom. The zero-order valence-corrected chi connectivity index (χ0v) is 19.3. The molecular weight excluding hydrogens is 424 g/mol. The maximum Gasteiger partial charge on any atom is 0.255 e. The minimum atomic E-state index is -3.72. The Morgan fingerprint density at radius 3 is 2.50 bits per heavy atom. The second kappa shape index (κ2) is 9.05. The quantitative estimate of drug-likeness (QED) is 0.727. The molecule has 1 aromatic heterocycles. The molecule has 1 aliphatic heterocycles. The monoisotopic (exact) mass is 452 g/mol. The van der Waals surface area contributed by atoms with Crippen LogP contribution in [0.2, 0.25) is 0 Å². The number of morpholine rings is 1. The maximum absolute atomic E-state index is 13.2. The number of carbonyl (C=O) groups is 1. The summed E-state index contributed by atoms with van der Waals surface area (Å²) in [5, 5.41) is 5.04. The molecule has 1 unspecified atom stereocenters. The van der Waals surface area contributed by atoms with E-state index in [1.807, 2.05) is 38.3 Å².